The van der Waals surface area contributed by atoms with E-state index in [0.29, 0.717) is 37.4 Å². The fraction of sp³-hybridized carbons (Fsp3) is 0.688. The highest BCUT2D eigenvalue weighted by Crippen LogP contribution is 2.23. The summed E-state index contributed by atoms with van der Waals surface area (Å²) >= 11 is 0. The molecule has 1 saturated carbocycles. The molecule has 1 aromatic heterocycles. The summed E-state index contributed by atoms with van der Waals surface area (Å²) in [5.41, 5.74) is 0.531. The second kappa shape index (κ2) is 8.10. The van der Waals surface area contributed by atoms with Gasteiger partial charge in [-0.2, -0.15) is 0 Å². The van der Waals surface area contributed by atoms with Crippen LogP contribution >= 0.6 is 0 Å². The van der Waals surface area contributed by atoms with Crippen LogP contribution in [0.25, 0.3) is 0 Å². The molecule has 0 aromatic carbocycles. The molecule has 126 valence electrons. The third kappa shape index (κ3) is 5.06. The fourth-order valence-corrected chi connectivity index (χ4v) is 2.84. The maximum absolute atomic E-state index is 11.6. The number of amides is 1. The van der Waals surface area contributed by atoms with E-state index in [1.54, 1.807) is 12.4 Å². The average Bonchev–Trinajstić information content (AvgIpc) is 2.54. The average molecular weight is 320 g/mol. The molecule has 0 bridgehead atoms. The molecule has 0 unspecified atom stereocenters. The van der Waals surface area contributed by atoms with Gasteiger partial charge < -0.3 is 14.8 Å². The van der Waals surface area contributed by atoms with Gasteiger partial charge in [0.15, 0.2) is 0 Å². The Morgan fingerprint density at radius 2 is 1.91 bits per heavy atom. The molecule has 2 N–H and O–H groups in total. The minimum atomic E-state index is -0.483. The van der Waals surface area contributed by atoms with E-state index >= 15 is 0 Å². The number of aromatic nitrogens is 2. The van der Waals surface area contributed by atoms with Crippen LogP contribution in [-0.2, 0) is 9.47 Å². The number of hydrogen-bond acceptors (Lipinski definition) is 6. The number of ether oxygens (including phenoxy) is 2. The normalized spacial score (nSPS) is 19.0. The monoisotopic (exact) mass is 320 g/mol. The van der Waals surface area contributed by atoms with Gasteiger partial charge in [0.1, 0.15) is 6.61 Å². The first-order chi connectivity index (χ1) is 11.3. The summed E-state index contributed by atoms with van der Waals surface area (Å²) in [6.45, 7) is 2.63. The number of hydrogen-bond donors (Lipinski definition) is 2. The van der Waals surface area contributed by atoms with Gasteiger partial charge in [0, 0.05) is 12.5 Å². The second-order valence-electron chi connectivity index (χ2n) is 6.31. The lowest BCUT2D eigenvalue weighted by Crippen LogP contribution is -2.33. The van der Waals surface area contributed by atoms with Gasteiger partial charge in [-0.05, 0) is 18.8 Å². The van der Waals surface area contributed by atoms with E-state index < -0.39 is 6.09 Å². The summed E-state index contributed by atoms with van der Waals surface area (Å²) in [6.07, 6.45) is 9.26. The SMILES string of the molecule is O=C(Nc1cnc(NCC2CCCCC2)nc1)OCC1COC1. The number of nitrogens with zero attached hydrogens (tertiary/aromatic N) is 2. The van der Waals surface area contributed by atoms with Gasteiger partial charge in [0.2, 0.25) is 5.95 Å². The van der Waals surface area contributed by atoms with Crippen LogP contribution in [0.4, 0.5) is 16.4 Å². The predicted octanol–water partition coefficient (Wildman–Crippen LogP) is 2.66. The van der Waals surface area contributed by atoms with Crippen LogP contribution in [0.5, 0.6) is 0 Å². The van der Waals surface area contributed by atoms with Gasteiger partial charge >= 0.3 is 6.09 Å². The van der Waals surface area contributed by atoms with Crippen LogP contribution in [0.15, 0.2) is 12.4 Å². The molecular formula is C16H24N4O3. The molecule has 7 nitrogen and oxygen atoms in total. The minimum Gasteiger partial charge on any atom is -0.449 e. The van der Waals surface area contributed by atoms with Gasteiger partial charge in [0.05, 0.1) is 31.3 Å². The molecular weight excluding hydrogens is 296 g/mol. The van der Waals surface area contributed by atoms with Gasteiger partial charge in [-0.15, -0.1) is 0 Å². The summed E-state index contributed by atoms with van der Waals surface area (Å²) < 4.78 is 10.1. The lowest BCUT2D eigenvalue weighted by atomic mass is 9.89. The molecule has 1 saturated heterocycles. The molecule has 0 spiro atoms. The van der Waals surface area contributed by atoms with Crippen molar-refractivity contribution in [3.05, 3.63) is 12.4 Å². The summed E-state index contributed by atoms with van der Waals surface area (Å²) in [6, 6.07) is 0. The predicted molar refractivity (Wildman–Crippen MR) is 86.4 cm³/mol. The first kappa shape index (κ1) is 16.0. The van der Waals surface area contributed by atoms with Crippen molar-refractivity contribution in [2.45, 2.75) is 32.1 Å². The largest absolute Gasteiger partial charge is 0.449 e. The first-order valence-corrected chi connectivity index (χ1v) is 8.37. The van der Waals surface area contributed by atoms with Crippen LogP contribution in [-0.4, -0.2) is 42.4 Å². The molecule has 7 heteroatoms. The lowest BCUT2D eigenvalue weighted by Gasteiger charge is -2.25. The Morgan fingerprint density at radius 1 is 1.17 bits per heavy atom. The Bertz CT molecular complexity index is 499. The molecule has 23 heavy (non-hydrogen) atoms. The standard InChI is InChI=1S/C16H24N4O3/c21-16(23-11-13-9-22-10-13)20-14-7-18-15(19-8-14)17-6-12-4-2-1-3-5-12/h7-8,12-13H,1-6,9-11H2,(H,20,21)(H,17,18,19). The highest BCUT2D eigenvalue weighted by molar-refractivity contribution is 5.84. The number of anilines is 2. The number of carbonyl (C=O) groups excluding carboxylic acids is 1. The van der Waals surface area contributed by atoms with Crippen LogP contribution in [0, 0.1) is 11.8 Å². The molecule has 1 aliphatic heterocycles. The number of nitrogens with one attached hydrogen (secondary N) is 2. The van der Waals surface area contributed by atoms with Crippen molar-refractivity contribution in [2.75, 3.05) is 37.0 Å². The Kier molecular flexibility index (Phi) is 5.63. The summed E-state index contributed by atoms with van der Waals surface area (Å²) in [7, 11) is 0. The molecule has 0 radical (unpaired) electrons. The molecule has 1 aliphatic carbocycles. The lowest BCUT2D eigenvalue weighted by molar-refractivity contribution is -0.0566. The zero-order valence-corrected chi connectivity index (χ0v) is 13.3. The van der Waals surface area contributed by atoms with E-state index in [-0.39, 0.29) is 0 Å². The van der Waals surface area contributed by atoms with Gasteiger partial charge in [-0.25, -0.2) is 14.8 Å². The molecule has 0 atom stereocenters. The zero-order chi connectivity index (χ0) is 15.9. The molecule has 1 aromatic rings. The van der Waals surface area contributed by atoms with Crippen molar-refractivity contribution in [2.24, 2.45) is 11.8 Å². The van der Waals surface area contributed by atoms with Crippen molar-refractivity contribution in [1.82, 2.24) is 9.97 Å². The smallest absolute Gasteiger partial charge is 0.411 e. The van der Waals surface area contributed by atoms with Gasteiger partial charge in [0.25, 0.3) is 0 Å². The van der Waals surface area contributed by atoms with Crippen molar-refractivity contribution in [3.8, 4) is 0 Å². The van der Waals surface area contributed by atoms with Crippen molar-refractivity contribution in [3.63, 3.8) is 0 Å². The minimum absolute atomic E-state index is 0.323. The van der Waals surface area contributed by atoms with Crippen LogP contribution in [0.1, 0.15) is 32.1 Å². The van der Waals surface area contributed by atoms with Crippen LogP contribution in [0.2, 0.25) is 0 Å². The maximum atomic E-state index is 11.6. The summed E-state index contributed by atoms with van der Waals surface area (Å²) in [4.78, 5) is 20.1. The molecule has 1 amide bonds. The molecule has 3 rings (SSSR count). The van der Waals surface area contributed by atoms with Crippen molar-refractivity contribution in [1.29, 1.82) is 0 Å². The van der Waals surface area contributed by atoms with E-state index in [1.165, 1.54) is 32.1 Å². The van der Waals surface area contributed by atoms with Crippen molar-refractivity contribution < 1.29 is 14.3 Å². The van der Waals surface area contributed by atoms with Gasteiger partial charge in [-0.3, -0.25) is 5.32 Å². The first-order valence-electron chi connectivity index (χ1n) is 8.37. The maximum Gasteiger partial charge on any atom is 0.411 e. The third-order valence-electron chi connectivity index (χ3n) is 4.33. The van der Waals surface area contributed by atoms with E-state index in [0.717, 1.165) is 12.5 Å². The van der Waals surface area contributed by atoms with Crippen LogP contribution < -0.4 is 10.6 Å². The highest BCUT2D eigenvalue weighted by Gasteiger charge is 2.20. The second-order valence-corrected chi connectivity index (χ2v) is 6.31. The van der Waals surface area contributed by atoms with E-state index in [2.05, 4.69) is 20.6 Å². The van der Waals surface area contributed by atoms with Crippen LogP contribution in [0.3, 0.4) is 0 Å². The molecule has 2 heterocycles. The zero-order valence-electron chi connectivity index (χ0n) is 13.3. The Hall–Kier alpha value is -1.89. The van der Waals surface area contributed by atoms with Gasteiger partial charge in [-0.1, -0.05) is 19.3 Å². The summed E-state index contributed by atoms with van der Waals surface area (Å²) in [5.74, 6) is 1.64. The Morgan fingerprint density at radius 3 is 2.57 bits per heavy atom. The van der Waals surface area contributed by atoms with E-state index in [4.69, 9.17) is 9.47 Å². The quantitative estimate of drug-likeness (QED) is 0.838. The topological polar surface area (TPSA) is 85.4 Å². The fourth-order valence-electron chi connectivity index (χ4n) is 2.84. The molecule has 2 aliphatic rings. The van der Waals surface area contributed by atoms with E-state index in [9.17, 15) is 4.79 Å². The third-order valence-corrected chi connectivity index (χ3v) is 4.33. The Balaban J connectivity index is 1.38. The summed E-state index contributed by atoms with van der Waals surface area (Å²) in [5, 5.41) is 5.89. The van der Waals surface area contributed by atoms with E-state index in [1.807, 2.05) is 0 Å². The van der Waals surface area contributed by atoms with Crippen molar-refractivity contribution >= 4 is 17.7 Å². The Labute approximate surface area is 136 Å². The highest BCUT2D eigenvalue weighted by atomic mass is 16.6. The molecule has 2 fully saturated rings. The number of carbonyl (C=O) groups is 1. The number of rotatable bonds is 6.